The molecule has 0 saturated heterocycles. The number of hydrogen-bond acceptors (Lipinski definition) is 5. The Kier molecular flexibility index (Phi) is 6.64. The fraction of sp³-hybridized carbons (Fsp3) is 0.217. The summed E-state index contributed by atoms with van der Waals surface area (Å²) in [5.74, 6) is -1.68. The molecule has 0 radical (unpaired) electrons. The van der Waals surface area contributed by atoms with Crippen LogP contribution in [0.25, 0.3) is 0 Å². The van der Waals surface area contributed by atoms with Gasteiger partial charge in [0, 0.05) is 0 Å². The van der Waals surface area contributed by atoms with Crippen molar-refractivity contribution in [1.82, 2.24) is 0 Å². The van der Waals surface area contributed by atoms with E-state index in [0.717, 1.165) is 24.3 Å². The maximum absolute atomic E-state index is 17.1. The van der Waals surface area contributed by atoms with E-state index in [9.17, 15) is 21.9 Å². The van der Waals surface area contributed by atoms with Gasteiger partial charge in [-0.3, -0.25) is 0 Å². The number of halogens is 1. The van der Waals surface area contributed by atoms with E-state index in [-0.39, 0.29) is 5.56 Å². The van der Waals surface area contributed by atoms with Crippen LogP contribution in [0.1, 0.15) is 24.8 Å². The molecule has 8 heteroatoms. The third-order valence-electron chi connectivity index (χ3n) is 5.03. The van der Waals surface area contributed by atoms with Gasteiger partial charge in [-0.25, -0.2) is 21.2 Å². The van der Waals surface area contributed by atoms with Crippen molar-refractivity contribution in [3.63, 3.8) is 0 Å². The standard InChI is InChI=1S/C23H23FO5S2/c1-18(25)17-22(19-11-5-2-6-12-19)23(24,30(26,27)20-13-7-3-8-14-20)31(28,29)21-15-9-4-10-16-21/h2-16,18,22,25H,17H2,1H3. The summed E-state index contributed by atoms with van der Waals surface area (Å²) in [4.78, 5) is -0.910. The second-order valence-electron chi connectivity index (χ2n) is 7.26. The predicted octanol–water partition coefficient (Wildman–Crippen LogP) is 4.11. The lowest BCUT2D eigenvalue weighted by atomic mass is 9.94. The Morgan fingerprint density at radius 3 is 1.45 bits per heavy atom. The maximum Gasteiger partial charge on any atom is 0.324 e. The molecule has 2 unspecified atom stereocenters. The number of aliphatic hydroxyl groups is 1. The van der Waals surface area contributed by atoms with Crippen LogP contribution in [0.4, 0.5) is 4.39 Å². The molecule has 2 atom stereocenters. The predicted molar refractivity (Wildman–Crippen MR) is 117 cm³/mol. The van der Waals surface area contributed by atoms with Gasteiger partial charge in [0.05, 0.1) is 21.8 Å². The molecule has 3 aromatic carbocycles. The molecule has 5 nitrogen and oxygen atoms in total. The van der Waals surface area contributed by atoms with Crippen molar-refractivity contribution in [3.8, 4) is 0 Å². The van der Waals surface area contributed by atoms with Crippen LogP contribution in [0, 0.1) is 0 Å². The lowest BCUT2D eigenvalue weighted by Crippen LogP contribution is -2.48. The van der Waals surface area contributed by atoms with Gasteiger partial charge in [-0.15, -0.1) is 0 Å². The summed E-state index contributed by atoms with van der Waals surface area (Å²) in [6.07, 6.45) is -1.57. The molecule has 0 amide bonds. The molecule has 164 valence electrons. The first kappa shape index (κ1) is 23.1. The summed E-state index contributed by atoms with van der Waals surface area (Å²) in [6.45, 7) is 1.36. The number of rotatable bonds is 8. The number of sulfone groups is 2. The minimum absolute atomic E-state index is 0.157. The number of benzene rings is 3. The number of alkyl halides is 1. The third kappa shape index (κ3) is 4.15. The Balaban J connectivity index is 2.38. The van der Waals surface area contributed by atoms with E-state index in [0.29, 0.717) is 0 Å². The van der Waals surface area contributed by atoms with Crippen LogP contribution >= 0.6 is 0 Å². The first-order valence-electron chi connectivity index (χ1n) is 9.63. The largest absolute Gasteiger partial charge is 0.393 e. The summed E-state index contributed by atoms with van der Waals surface area (Å²) in [5.41, 5.74) is 0.157. The van der Waals surface area contributed by atoms with Crippen molar-refractivity contribution in [2.24, 2.45) is 0 Å². The lowest BCUT2D eigenvalue weighted by Gasteiger charge is -2.34. The van der Waals surface area contributed by atoms with Gasteiger partial charge in [0.15, 0.2) is 0 Å². The van der Waals surface area contributed by atoms with Crippen molar-refractivity contribution in [3.05, 3.63) is 96.6 Å². The molecular weight excluding hydrogens is 439 g/mol. The van der Waals surface area contributed by atoms with Gasteiger partial charge >= 0.3 is 4.33 Å². The van der Waals surface area contributed by atoms with E-state index in [4.69, 9.17) is 0 Å². The van der Waals surface area contributed by atoms with E-state index >= 15 is 4.39 Å². The molecule has 0 bridgehead atoms. The van der Waals surface area contributed by atoms with E-state index in [1.165, 1.54) is 43.3 Å². The van der Waals surface area contributed by atoms with Crippen molar-refractivity contribution >= 4 is 19.7 Å². The van der Waals surface area contributed by atoms with Crippen LogP contribution in [0.15, 0.2) is 101 Å². The number of aliphatic hydroxyl groups excluding tert-OH is 1. The van der Waals surface area contributed by atoms with Gasteiger partial charge in [-0.1, -0.05) is 66.7 Å². The summed E-state index contributed by atoms with van der Waals surface area (Å²) in [7, 11) is -10.1. The molecule has 3 aromatic rings. The summed E-state index contributed by atoms with van der Waals surface area (Å²) < 4.78 is 67.9. The van der Waals surface area contributed by atoms with E-state index < -0.39 is 52.2 Å². The van der Waals surface area contributed by atoms with E-state index in [1.54, 1.807) is 30.3 Å². The van der Waals surface area contributed by atoms with Gasteiger partial charge in [0.1, 0.15) is 0 Å². The Morgan fingerprint density at radius 2 is 1.10 bits per heavy atom. The minimum Gasteiger partial charge on any atom is -0.393 e. The molecule has 1 N–H and O–H groups in total. The molecule has 0 aliphatic heterocycles. The summed E-state index contributed by atoms with van der Waals surface area (Å²) in [5, 5.41) is 10.1. The molecule has 0 heterocycles. The normalized spacial score (nSPS) is 14.7. The van der Waals surface area contributed by atoms with Crippen LogP contribution < -0.4 is 0 Å². The molecule has 0 aliphatic carbocycles. The summed E-state index contributed by atoms with van der Waals surface area (Å²) in [6, 6.07) is 21.0. The fourth-order valence-corrected chi connectivity index (χ4v) is 8.16. The molecular formula is C23H23FO5S2. The molecule has 0 aliphatic rings. The Bertz CT molecular complexity index is 1140. The Morgan fingerprint density at radius 1 is 0.742 bits per heavy atom. The SMILES string of the molecule is CC(O)CC(c1ccccc1)C(F)(S(=O)(=O)c1ccccc1)S(=O)(=O)c1ccccc1. The van der Waals surface area contributed by atoms with Crippen molar-refractivity contribution in [2.45, 2.75) is 39.5 Å². The third-order valence-corrected chi connectivity index (χ3v) is 10.2. The first-order valence-corrected chi connectivity index (χ1v) is 12.6. The highest BCUT2D eigenvalue weighted by Gasteiger charge is 2.62. The average Bonchev–Trinajstić information content (AvgIpc) is 2.78. The van der Waals surface area contributed by atoms with Gasteiger partial charge < -0.3 is 5.11 Å². The van der Waals surface area contributed by atoms with Gasteiger partial charge in [0.2, 0.25) is 19.7 Å². The highest BCUT2D eigenvalue weighted by Crippen LogP contribution is 2.48. The zero-order chi connectivity index (χ0) is 22.7. The van der Waals surface area contributed by atoms with Crippen LogP contribution in [-0.4, -0.2) is 32.4 Å². The van der Waals surface area contributed by atoms with Crippen LogP contribution in [-0.2, 0) is 19.7 Å². The number of hydrogen-bond donors (Lipinski definition) is 1. The molecule has 3 rings (SSSR count). The smallest absolute Gasteiger partial charge is 0.324 e. The molecule has 0 fully saturated rings. The van der Waals surface area contributed by atoms with Crippen molar-refractivity contribution in [2.75, 3.05) is 0 Å². The van der Waals surface area contributed by atoms with Crippen LogP contribution in [0.5, 0.6) is 0 Å². The molecule has 31 heavy (non-hydrogen) atoms. The minimum atomic E-state index is -5.07. The quantitative estimate of drug-likeness (QED) is 0.544. The zero-order valence-electron chi connectivity index (χ0n) is 16.8. The Hall–Kier alpha value is -2.55. The van der Waals surface area contributed by atoms with Crippen molar-refractivity contribution < 1.29 is 26.3 Å². The van der Waals surface area contributed by atoms with Crippen molar-refractivity contribution in [1.29, 1.82) is 0 Å². The second kappa shape index (κ2) is 8.90. The summed E-state index contributed by atoms with van der Waals surface area (Å²) >= 11 is 0. The van der Waals surface area contributed by atoms with Crippen LogP contribution in [0.2, 0.25) is 0 Å². The fourth-order valence-electron chi connectivity index (χ4n) is 3.54. The molecule has 0 aromatic heterocycles. The van der Waals surface area contributed by atoms with Gasteiger partial charge in [-0.2, -0.15) is 0 Å². The first-order chi connectivity index (χ1) is 14.6. The molecule has 0 saturated carbocycles. The van der Waals surface area contributed by atoms with Crippen LogP contribution in [0.3, 0.4) is 0 Å². The highest BCUT2D eigenvalue weighted by molar-refractivity contribution is 8.10. The second-order valence-corrected chi connectivity index (χ2v) is 11.7. The molecule has 0 spiro atoms. The van der Waals surface area contributed by atoms with E-state index in [2.05, 4.69) is 0 Å². The Labute approximate surface area is 182 Å². The van der Waals surface area contributed by atoms with Gasteiger partial charge in [-0.05, 0) is 43.2 Å². The average molecular weight is 463 g/mol. The highest BCUT2D eigenvalue weighted by atomic mass is 32.3. The van der Waals surface area contributed by atoms with Gasteiger partial charge in [0.25, 0.3) is 0 Å². The zero-order valence-corrected chi connectivity index (χ0v) is 18.4. The maximum atomic E-state index is 17.1. The van der Waals surface area contributed by atoms with E-state index in [1.807, 2.05) is 0 Å². The lowest BCUT2D eigenvalue weighted by molar-refractivity contribution is 0.155. The monoisotopic (exact) mass is 462 g/mol. The topological polar surface area (TPSA) is 88.5 Å².